The SMILES string of the molecule is CC(=O)[CH-][P+](c1ccccc1)(c1ccccc1)c1ccccc1.[Cl][Au]. The molecule has 0 atom stereocenters. The van der Waals surface area contributed by atoms with Crippen molar-refractivity contribution in [2.24, 2.45) is 0 Å². The summed E-state index contributed by atoms with van der Waals surface area (Å²) in [4.78, 5) is 12.2. The van der Waals surface area contributed by atoms with Gasteiger partial charge in [-0.2, -0.15) is 6.16 Å². The predicted octanol–water partition coefficient (Wildman–Crippen LogP) is 4.42. The first kappa shape index (κ1) is 20.0. The Bertz CT molecular complexity index is 682. The average molecular weight is 551 g/mol. The van der Waals surface area contributed by atoms with Crippen LogP contribution in [0.3, 0.4) is 0 Å². The number of ketones is 1. The third-order valence-electron chi connectivity index (χ3n) is 3.87. The summed E-state index contributed by atoms with van der Waals surface area (Å²) in [7, 11) is 2.50. The van der Waals surface area contributed by atoms with Crippen LogP contribution >= 0.6 is 16.5 Å². The van der Waals surface area contributed by atoms with E-state index >= 15 is 0 Å². The summed E-state index contributed by atoms with van der Waals surface area (Å²) < 4.78 is 0. The van der Waals surface area contributed by atoms with Crippen LogP contribution in [-0.4, -0.2) is 5.78 Å². The van der Waals surface area contributed by atoms with E-state index in [1.807, 2.05) is 60.8 Å². The third-order valence-corrected chi connectivity index (χ3v) is 7.95. The number of halogens is 1. The zero-order valence-corrected chi connectivity index (χ0v) is 17.6. The van der Waals surface area contributed by atoms with Gasteiger partial charge < -0.3 is 4.79 Å². The molecule has 0 bridgehead atoms. The van der Waals surface area contributed by atoms with Gasteiger partial charge in [0.2, 0.25) is 0 Å². The van der Waals surface area contributed by atoms with Crippen molar-refractivity contribution in [3.63, 3.8) is 0 Å². The van der Waals surface area contributed by atoms with Gasteiger partial charge in [0.1, 0.15) is 0 Å². The fraction of sp³-hybridized carbons (Fsp3) is 0.0476. The van der Waals surface area contributed by atoms with Gasteiger partial charge >= 0.3 is 29.2 Å². The van der Waals surface area contributed by atoms with Crippen LogP contribution in [0.15, 0.2) is 91.0 Å². The van der Waals surface area contributed by atoms with Crippen LogP contribution in [0, 0.1) is 6.16 Å². The van der Waals surface area contributed by atoms with Gasteiger partial charge in [0, 0.05) is 13.0 Å². The molecule has 25 heavy (non-hydrogen) atoms. The molecule has 0 unspecified atom stereocenters. The molecule has 3 aromatic carbocycles. The first-order chi connectivity index (χ1) is 12.2. The van der Waals surface area contributed by atoms with Crippen molar-refractivity contribution >= 4 is 38.1 Å². The van der Waals surface area contributed by atoms with Crippen LogP contribution < -0.4 is 15.9 Å². The molecule has 0 N–H and O–H groups in total. The number of carbonyl (C=O) groups excluding carboxylic acids is 1. The Hall–Kier alpha value is -1.34. The summed E-state index contributed by atoms with van der Waals surface area (Å²) in [5.74, 6) is 0.106. The maximum absolute atomic E-state index is 12.2. The number of benzene rings is 3. The molecule has 0 saturated heterocycles. The predicted molar refractivity (Wildman–Crippen MR) is 106 cm³/mol. The normalized spacial score (nSPS) is 10.4. The van der Waals surface area contributed by atoms with Crippen molar-refractivity contribution in [2.45, 2.75) is 6.92 Å². The minimum atomic E-state index is -2.08. The van der Waals surface area contributed by atoms with E-state index in [4.69, 9.17) is 0 Å². The Labute approximate surface area is 166 Å². The van der Waals surface area contributed by atoms with Crippen LogP contribution in [-0.2, 0) is 24.8 Å². The Morgan fingerprint density at radius 3 is 1.24 bits per heavy atom. The van der Waals surface area contributed by atoms with E-state index < -0.39 is 7.26 Å². The zero-order valence-electron chi connectivity index (χ0n) is 13.8. The molecule has 132 valence electrons. The summed E-state index contributed by atoms with van der Waals surface area (Å²) in [6.45, 7) is 1.64. The van der Waals surface area contributed by atoms with Crippen molar-refractivity contribution in [3.05, 3.63) is 97.2 Å². The fourth-order valence-corrected chi connectivity index (χ4v) is 6.75. The summed E-state index contributed by atoms with van der Waals surface area (Å²) in [5.41, 5.74) is 0. The van der Waals surface area contributed by atoms with Crippen LogP contribution in [0.25, 0.3) is 0 Å². The maximum atomic E-state index is 12.2. The molecule has 0 aromatic heterocycles. The van der Waals surface area contributed by atoms with Gasteiger partial charge in [-0.1, -0.05) is 54.6 Å². The van der Waals surface area contributed by atoms with Crippen LogP contribution in [0.1, 0.15) is 6.92 Å². The molecule has 4 heteroatoms. The number of Topliss-reactive ketones (excluding diaryl/α,β-unsaturated/α-hetero) is 1. The minimum absolute atomic E-state index is 0.106. The van der Waals surface area contributed by atoms with Gasteiger partial charge in [-0.05, 0) is 43.3 Å². The number of hydrogen-bond donors (Lipinski definition) is 0. The van der Waals surface area contributed by atoms with Crippen molar-refractivity contribution in [1.29, 1.82) is 0 Å². The van der Waals surface area contributed by atoms with Gasteiger partial charge in [-0.15, -0.1) is 0 Å². The van der Waals surface area contributed by atoms with E-state index in [-0.39, 0.29) is 5.78 Å². The molecule has 0 radical (unpaired) electrons. The first-order valence-corrected chi connectivity index (χ1v) is 12.3. The fourth-order valence-electron chi connectivity index (χ4n) is 2.93. The molecule has 0 fully saturated rings. The Balaban J connectivity index is 0.00000109. The summed E-state index contributed by atoms with van der Waals surface area (Å²) >= 11 is 1.75. The monoisotopic (exact) mass is 550 g/mol. The van der Waals surface area contributed by atoms with Crippen LogP contribution in [0.4, 0.5) is 0 Å². The zero-order chi connectivity index (χ0) is 18.1. The summed E-state index contributed by atoms with van der Waals surface area (Å²) in [5, 5.41) is 3.60. The summed E-state index contributed by atoms with van der Waals surface area (Å²) in [6, 6.07) is 31.1. The van der Waals surface area contributed by atoms with E-state index in [0.717, 1.165) is 0 Å². The van der Waals surface area contributed by atoms with Gasteiger partial charge in [0.25, 0.3) is 0 Å². The molecule has 0 aliphatic carbocycles. The molecular formula is C21H19AuClOP. The molecule has 3 rings (SSSR count). The Morgan fingerprint density at radius 2 is 1.00 bits per heavy atom. The Morgan fingerprint density at radius 1 is 0.720 bits per heavy atom. The summed E-state index contributed by atoms with van der Waals surface area (Å²) in [6.07, 6.45) is 1.94. The van der Waals surface area contributed by atoms with Crippen molar-refractivity contribution < 1.29 is 24.8 Å². The molecule has 0 aliphatic heterocycles. The molecule has 0 aliphatic rings. The molecule has 0 spiro atoms. The first-order valence-electron chi connectivity index (χ1n) is 7.77. The van der Waals surface area contributed by atoms with Crippen molar-refractivity contribution in [1.82, 2.24) is 0 Å². The molecule has 0 heterocycles. The van der Waals surface area contributed by atoms with Gasteiger partial charge in [-0.3, -0.25) is 0 Å². The molecular weight excluding hydrogens is 532 g/mol. The second-order valence-electron chi connectivity index (χ2n) is 5.47. The van der Waals surface area contributed by atoms with Crippen LogP contribution in [0.2, 0.25) is 0 Å². The molecule has 3 aromatic rings. The number of carbonyl (C=O) groups is 1. The van der Waals surface area contributed by atoms with E-state index in [9.17, 15) is 4.79 Å². The Kier molecular flexibility index (Phi) is 7.96. The van der Waals surface area contributed by atoms with Crippen LogP contribution in [0.5, 0.6) is 0 Å². The quantitative estimate of drug-likeness (QED) is 0.261. The van der Waals surface area contributed by atoms with Crippen molar-refractivity contribution in [3.8, 4) is 0 Å². The molecule has 0 amide bonds. The second kappa shape index (κ2) is 9.97. The van der Waals surface area contributed by atoms with E-state index in [0.29, 0.717) is 0 Å². The van der Waals surface area contributed by atoms with Gasteiger partial charge in [-0.25, -0.2) is 0 Å². The standard InChI is InChI=1S/C21H19OP.Au.ClH/c1-18(22)17-23(19-11-5-2-6-12-19,20-13-7-3-8-14-20)21-15-9-4-10-16-21;;/h2-17H,1H3;;1H/q;+1;/p-1. The van der Waals surface area contributed by atoms with E-state index in [2.05, 4.69) is 45.6 Å². The second-order valence-corrected chi connectivity index (χ2v) is 8.72. The topological polar surface area (TPSA) is 17.1 Å². The third kappa shape index (κ3) is 4.64. The van der Waals surface area contributed by atoms with Gasteiger partial charge in [0.15, 0.2) is 0 Å². The van der Waals surface area contributed by atoms with Gasteiger partial charge in [0.05, 0.1) is 15.9 Å². The van der Waals surface area contributed by atoms with E-state index in [1.54, 1.807) is 26.9 Å². The molecule has 0 saturated carbocycles. The van der Waals surface area contributed by atoms with Crippen molar-refractivity contribution in [2.75, 3.05) is 0 Å². The average Bonchev–Trinajstić information content (AvgIpc) is 2.69. The van der Waals surface area contributed by atoms with E-state index in [1.165, 1.54) is 15.9 Å². The number of rotatable bonds is 5. The molecule has 1 nitrogen and oxygen atoms in total. The number of hydrogen-bond acceptors (Lipinski definition) is 1.